The molecule has 3 aromatic rings. The zero-order valence-corrected chi connectivity index (χ0v) is 20.2. The summed E-state index contributed by atoms with van der Waals surface area (Å²) in [5.74, 6) is 1.38. The Kier molecular flexibility index (Phi) is 6.79. The Labute approximate surface area is 203 Å². The van der Waals surface area contributed by atoms with Gasteiger partial charge in [-0.3, -0.25) is 14.9 Å². The van der Waals surface area contributed by atoms with Crippen LogP contribution in [0.25, 0.3) is 0 Å². The van der Waals surface area contributed by atoms with E-state index in [4.69, 9.17) is 16.6 Å². The predicted octanol–water partition coefficient (Wildman–Crippen LogP) is 4.52. The van der Waals surface area contributed by atoms with Gasteiger partial charge in [0.05, 0.1) is 4.92 Å². The van der Waals surface area contributed by atoms with Gasteiger partial charge in [0.2, 0.25) is 0 Å². The minimum Gasteiger partial charge on any atom is -0.353 e. The molecule has 0 unspecified atom stereocenters. The summed E-state index contributed by atoms with van der Waals surface area (Å²) in [6.07, 6.45) is 0.731. The number of anilines is 1. The molecule has 9 heteroatoms. The molecule has 0 bridgehead atoms. The zero-order valence-electron chi connectivity index (χ0n) is 19.4. The maximum atomic E-state index is 13.0. The van der Waals surface area contributed by atoms with Crippen molar-refractivity contribution in [3.05, 3.63) is 91.4 Å². The maximum absolute atomic E-state index is 13.0. The van der Waals surface area contributed by atoms with Gasteiger partial charge in [-0.15, -0.1) is 0 Å². The first-order valence-electron chi connectivity index (χ1n) is 11.1. The van der Waals surface area contributed by atoms with Gasteiger partial charge in [-0.2, -0.15) is 0 Å². The van der Waals surface area contributed by atoms with Crippen molar-refractivity contribution in [2.75, 3.05) is 31.1 Å². The summed E-state index contributed by atoms with van der Waals surface area (Å²) < 4.78 is 0. The van der Waals surface area contributed by atoms with E-state index in [0.717, 1.165) is 23.5 Å². The van der Waals surface area contributed by atoms with Crippen molar-refractivity contribution in [1.82, 2.24) is 14.9 Å². The van der Waals surface area contributed by atoms with E-state index in [0.29, 0.717) is 32.0 Å². The highest BCUT2D eigenvalue weighted by Crippen LogP contribution is 2.28. The van der Waals surface area contributed by atoms with E-state index in [1.54, 1.807) is 4.90 Å². The lowest BCUT2D eigenvalue weighted by molar-refractivity contribution is -0.384. The van der Waals surface area contributed by atoms with Crippen molar-refractivity contribution in [2.45, 2.75) is 27.2 Å². The van der Waals surface area contributed by atoms with Crippen LogP contribution in [0.2, 0.25) is 5.02 Å². The number of piperazine rings is 1. The molecule has 1 fully saturated rings. The Morgan fingerprint density at radius 1 is 1.03 bits per heavy atom. The Balaban J connectivity index is 1.52. The number of benzene rings is 2. The summed E-state index contributed by atoms with van der Waals surface area (Å²) in [5.41, 5.74) is 4.45. The Bertz CT molecular complexity index is 1240. The predicted molar refractivity (Wildman–Crippen MR) is 132 cm³/mol. The van der Waals surface area contributed by atoms with Crippen molar-refractivity contribution in [3.8, 4) is 0 Å². The second-order valence-corrected chi connectivity index (χ2v) is 8.93. The number of aryl methyl sites for hydroxylation is 3. The first-order valence-corrected chi connectivity index (χ1v) is 11.5. The van der Waals surface area contributed by atoms with Crippen LogP contribution in [0.1, 0.15) is 38.6 Å². The van der Waals surface area contributed by atoms with Crippen molar-refractivity contribution in [1.29, 1.82) is 0 Å². The molecule has 1 amide bonds. The summed E-state index contributed by atoms with van der Waals surface area (Å²) in [5, 5.41) is 11.2. The standard InChI is InChI=1S/C25H26ClN5O3/c1-16-4-6-19(7-5-16)14-21-17(2)27-18(3)28-24(21)29-10-12-30(13-11-29)25(32)20-8-9-22(26)23(15-20)31(33)34/h4-9,15H,10-14H2,1-3H3. The third-order valence-corrected chi connectivity index (χ3v) is 6.38. The number of carbonyl (C=O) groups excluding carboxylic acids is 1. The van der Waals surface area contributed by atoms with Gasteiger partial charge < -0.3 is 9.80 Å². The minimum absolute atomic E-state index is 0.0157. The second kappa shape index (κ2) is 9.77. The summed E-state index contributed by atoms with van der Waals surface area (Å²) >= 11 is 5.89. The number of hydrogen-bond donors (Lipinski definition) is 0. The largest absolute Gasteiger partial charge is 0.353 e. The molecule has 1 aliphatic rings. The van der Waals surface area contributed by atoms with Crippen LogP contribution in [-0.4, -0.2) is 51.9 Å². The van der Waals surface area contributed by atoms with E-state index < -0.39 is 4.92 Å². The van der Waals surface area contributed by atoms with E-state index in [1.807, 2.05) is 13.8 Å². The fourth-order valence-corrected chi connectivity index (χ4v) is 4.37. The van der Waals surface area contributed by atoms with Crippen LogP contribution in [0.5, 0.6) is 0 Å². The monoisotopic (exact) mass is 479 g/mol. The Morgan fingerprint density at radius 3 is 2.35 bits per heavy atom. The third kappa shape index (κ3) is 5.02. The van der Waals surface area contributed by atoms with E-state index >= 15 is 0 Å². The van der Waals surface area contributed by atoms with Crippen molar-refractivity contribution >= 4 is 29.0 Å². The number of nitro benzene ring substituents is 1. The topological polar surface area (TPSA) is 92.5 Å². The molecule has 1 saturated heterocycles. The van der Waals surface area contributed by atoms with Crippen LogP contribution >= 0.6 is 11.6 Å². The molecule has 0 saturated carbocycles. The smallest absolute Gasteiger partial charge is 0.288 e. The molecule has 8 nitrogen and oxygen atoms in total. The van der Waals surface area contributed by atoms with Crippen LogP contribution in [0.3, 0.4) is 0 Å². The molecule has 34 heavy (non-hydrogen) atoms. The van der Waals surface area contributed by atoms with Crippen molar-refractivity contribution in [2.24, 2.45) is 0 Å². The van der Waals surface area contributed by atoms with Crippen LogP contribution in [0, 0.1) is 30.9 Å². The summed E-state index contributed by atoms with van der Waals surface area (Å²) in [7, 11) is 0. The molecule has 0 spiro atoms. The summed E-state index contributed by atoms with van der Waals surface area (Å²) in [6.45, 7) is 8.16. The van der Waals surface area contributed by atoms with E-state index in [-0.39, 0.29) is 22.2 Å². The summed E-state index contributed by atoms with van der Waals surface area (Å²) in [6, 6.07) is 12.6. The minimum atomic E-state index is -0.577. The molecule has 0 atom stereocenters. The van der Waals surface area contributed by atoms with E-state index in [1.165, 1.54) is 29.3 Å². The SMILES string of the molecule is Cc1ccc(Cc2c(C)nc(C)nc2N2CCN(C(=O)c3ccc(Cl)c([N+](=O)[O-])c3)CC2)cc1. The number of hydrogen-bond acceptors (Lipinski definition) is 6. The number of nitrogens with zero attached hydrogens (tertiary/aromatic N) is 5. The molecular formula is C25H26ClN5O3. The third-order valence-electron chi connectivity index (χ3n) is 6.06. The van der Waals surface area contributed by atoms with Crippen LogP contribution in [-0.2, 0) is 6.42 Å². The average molecular weight is 480 g/mol. The first kappa shape index (κ1) is 23.6. The van der Waals surface area contributed by atoms with Gasteiger partial charge in [0, 0.05) is 55.5 Å². The first-order chi connectivity index (χ1) is 16.2. The molecule has 4 rings (SSSR count). The van der Waals surface area contributed by atoms with E-state index in [9.17, 15) is 14.9 Å². The molecule has 0 N–H and O–H groups in total. The van der Waals surface area contributed by atoms with Crippen LogP contribution in [0.4, 0.5) is 11.5 Å². The quantitative estimate of drug-likeness (QED) is 0.394. The molecule has 2 aromatic carbocycles. The molecule has 176 valence electrons. The number of halogens is 1. The van der Waals surface area contributed by atoms with Gasteiger partial charge in [-0.25, -0.2) is 9.97 Å². The summed E-state index contributed by atoms with van der Waals surface area (Å²) in [4.78, 5) is 36.9. The highest BCUT2D eigenvalue weighted by atomic mass is 35.5. The van der Waals surface area contributed by atoms with Crippen LogP contribution < -0.4 is 4.90 Å². The number of nitro groups is 1. The molecule has 1 aliphatic heterocycles. The normalized spacial score (nSPS) is 13.8. The second-order valence-electron chi connectivity index (χ2n) is 8.52. The number of carbonyl (C=O) groups is 1. The average Bonchev–Trinajstić information content (AvgIpc) is 2.81. The maximum Gasteiger partial charge on any atom is 0.288 e. The van der Waals surface area contributed by atoms with Crippen molar-refractivity contribution < 1.29 is 9.72 Å². The number of amides is 1. The highest BCUT2D eigenvalue weighted by Gasteiger charge is 2.26. The van der Waals surface area contributed by atoms with Gasteiger partial charge >= 0.3 is 0 Å². The molecular weight excluding hydrogens is 454 g/mol. The van der Waals surface area contributed by atoms with E-state index in [2.05, 4.69) is 41.1 Å². The fourth-order valence-electron chi connectivity index (χ4n) is 4.19. The molecule has 0 aliphatic carbocycles. The van der Waals surface area contributed by atoms with Crippen LogP contribution in [0.15, 0.2) is 42.5 Å². The number of rotatable bonds is 5. The number of aromatic nitrogens is 2. The lowest BCUT2D eigenvalue weighted by Crippen LogP contribution is -2.49. The lowest BCUT2D eigenvalue weighted by Gasteiger charge is -2.36. The fraction of sp³-hybridized carbons (Fsp3) is 0.320. The van der Waals surface area contributed by atoms with Gasteiger partial charge in [-0.1, -0.05) is 41.4 Å². The van der Waals surface area contributed by atoms with Gasteiger partial charge in [0.1, 0.15) is 16.7 Å². The lowest BCUT2D eigenvalue weighted by atomic mass is 10.0. The molecule has 2 heterocycles. The van der Waals surface area contributed by atoms with Gasteiger partial charge in [0.15, 0.2) is 0 Å². The molecule has 0 radical (unpaired) electrons. The molecule has 1 aromatic heterocycles. The van der Waals surface area contributed by atoms with Crippen molar-refractivity contribution in [3.63, 3.8) is 0 Å². The zero-order chi connectivity index (χ0) is 24.4. The Morgan fingerprint density at radius 2 is 1.71 bits per heavy atom. The Hall–Kier alpha value is -3.52. The van der Waals surface area contributed by atoms with Gasteiger partial charge in [-0.05, 0) is 38.5 Å². The highest BCUT2D eigenvalue weighted by molar-refractivity contribution is 6.32. The van der Waals surface area contributed by atoms with Gasteiger partial charge in [0.25, 0.3) is 11.6 Å².